The highest BCUT2D eigenvalue weighted by Crippen LogP contribution is 2.06. The van der Waals surface area contributed by atoms with Crippen molar-refractivity contribution in [2.75, 3.05) is 11.2 Å². The summed E-state index contributed by atoms with van der Waals surface area (Å²) in [4.78, 5) is 11.3. The van der Waals surface area contributed by atoms with Gasteiger partial charge < -0.3 is 5.32 Å². The minimum absolute atomic E-state index is 0.0429. The van der Waals surface area contributed by atoms with E-state index in [0.717, 1.165) is 18.5 Å². The second-order valence-electron chi connectivity index (χ2n) is 2.98. The highest BCUT2D eigenvalue weighted by molar-refractivity contribution is 6.17. The van der Waals surface area contributed by atoms with Gasteiger partial charge in [0.25, 0.3) is 0 Å². The number of alkyl halides is 1. The summed E-state index contributed by atoms with van der Waals surface area (Å²) in [7, 11) is 0. The van der Waals surface area contributed by atoms with Crippen LogP contribution in [0.15, 0.2) is 24.3 Å². The highest BCUT2D eigenvalue weighted by Gasteiger charge is 2.00. The molecule has 0 aliphatic rings. The number of benzene rings is 1. The molecule has 2 nitrogen and oxygen atoms in total. The molecule has 0 atom stereocenters. The molecule has 1 amide bonds. The average Bonchev–Trinajstić information content (AvgIpc) is 2.20. The third kappa shape index (κ3) is 4.28. The van der Waals surface area contributed by atoms with Crippen LogP contribution in [-0.2, 0) is 4.79 Å². The zero-order valence-electron chi connectivity index (χ0n) is 7.92. The third-order valence-corrected chi connectivity index (χ3v) is 2.06. The standard InChI is InChI=1S/C11H13ClNO/c12-9-5-4-8-11(14)13-10-6-2-1-3-7-10/h2-3,6-7H,4-5,8-9H2,(H,13,14). The van der Waals surface area contributed by atoms with Crippen LogP contribution < -0.4 is 5.32 Å². The lowest BCUT2D eigenvalue weighted by molar-refractivity contribution is -0.116. The molecule has 1 radical (unpaired) electrons. The molecule has 1 N–H and O–H groups in total. The van der Waals surface area contributed by atoms with Gasteiger partial charge >= 0.3 is 0 Å². The highest BCUT2D eigenvalue weighted by atomic mass is 35.5. The predicted molar refractivity (Wildman–Crippen MR) is 58.5 cm³/mol. The molecule has 0 aromatic heterocycles. The van der Waals surface area contributed by atoms with Gasteiger partial charge in [0.05, 0.1) is 0 Å². The first-order valence-corrected chi connectivity index (χ1v) is 5.18. The second-order valence-corrected chi connectivity index (χ2v) is 3.36. The van der Waals surface area contributed by atoms with Crippen LogP contribution >= 0.6 is 11.6 Å². The van der Waals surface area contributed by atoms with E-state index in [4.69, 9.17) is 11.6 Å². The van der Waals surface area contributed by atoms with Crippen molar-refractivity contribution in [1.29, 1.82) is 0 Å². The van der Waals surface area contributed by atoms with Crippen molar-refractivity contribution < 1.29 is 4.79 Å². The molecule has 0 bridgehead atoms. The number of rotatable bonds is 5. The smallest absolute Gasteiger partial charge is 0.224 e. The maximum Gasteiger partial charge on any atom is 0.224 e. The number of nitrogens with one attached hydrogen (secondary N) is 1. The van der Waals surface area contributed by atoms with Crippen LogP contribution in [0.3, 0.4) is 0 Å². The first-order chi connectivity index (χ1) is 6.83. The van der Waals surface area contributed by atoms with Crippen molar-refractivity contribution in [1.82, 2.24) is 0 Å². The molecule has 0 heterocycles. The monoisotopic (exact) mass is 210 g/mol. The number of carbonyl (C=O) groups is 1. The second kappa shape index (κ2) is 6.44. The van der Waals surface area contributed by atoms with Gasteiger partial charge in [-0.1, -0.05) is 12.1 Å². The lowest BCUT2D eigenvalue weighted by Crippen LogP contribution is -2.10. The lowest BCUT2D eigenvalue weighted by atomic mass is 10.2. The molecule has 0 unspecified atom stereocenters. The van der Waals surface area contributed by atoms with Gasteiger partial charge in [-0.05, 0) is 31.0 Å². The van der Waals surface area contributed by atoms with Crippen LogP contribution in [0, 0.1) is 6.07 Å². The van der Waals surface area contributed by atoms with Crippen molar-refractivity contribution in [3.8, 4) is 0 Å². The van der Waals surface area contributed by atoms with Gasteiger partial charge in [0, 0.05) is 18.0 Å². The molecule has 14 heavy (non-hydrogen) atoms. The Morgan fingerprint density at radius 3 is 2.71 bits per heavy atom. The topological polar surface area (TPSA) is 29.1 Å². The average molecular weight is 211 g/mol. The summed E-state index contributed by atoms with van der Waals surface area (Å²) < 4.78 is 0. The zero-order chi connectivity index (χ0) is 10.2. The van der Waals surface area contributed by atoms with Crippen LogP contribution in [0.25, 0.3) is 0 Å². The molecule has 75 valence electrons. The Labute approximate surface area is 89.3 Å². The van der Waals surface area contributed by atoms with Crippen LogP contribution in [0.5, 0.6) is 0 Å². The molecule has 0 aliphatic carbocycles. The minimum atomic E-state index is 0.0429. The first kappa shape index (κ1) is 11.1. The number of carbonyl (C=O) groups excluding carboxylic acids is 1. The van der Waals surface area contributed by atoms with E-state index in [1.165, 1.54) is 0 Å². The van der Waals surface area contributed by atoms with E-state index in [1.54, 1.807) is 12.1 Å². The number of hydrogen-bond acceptors (Lipinski definition) is 1. The van der Waals surface area contributed by atoms with E-state index in [0.29, 0.717) is 12.3 Å². The van der Waals surface area contributed by atoms with E-state index >= 15 is 0 Å². The van der Waals surface area contributed by atoms with Crippen molar-refractivity contribution >= 4 is 23.2 Å². The normalized spacial score (nSPS) is 9.79. The van der Waals surface area contributed by atoms with Gasteiger partial charge in [0.1, 0.15) is 0 Å². The maximum atomic E-state index is 11.3. The molecule has 1 aromatic carbocycles. The van der Waals surface area contributed by atoms with Crippen LogP contribution in [0.2, 0.25) is 0 Å². The zero-order valence-corrected chi connectivity index (χ0v) is 8.68. The molecule has 1 rings (SSSR count). The summed E-state index contributed by atoms with van der Waals surface area (Å²) >= 11 is 5.51. The molecule has 0 saturated heterocycles. The molecule has 0 spiro atoms. The van der Waals surface area contributed by atoms with Crippen molar-refractivity contribution in [3.63, 3.8) is 0 Å². The summed E-state index contributed by atoms with van der Waals surface area (Å²) in [5.41, 5.74) is 0.819. The molecule has 0 fully saturated rings. The maximum absolute atomic E-state index is 11.3. The summed E-state index contributed by atoms with van der Waals surface area (Å²) in [6, 6.07) is 10.1. The Morgan fingerprint density at radius 2 is 2.07 bits per heavy atom. The Hall–Kier alpha value is -1.02. The van der Waals surface area contributed by atoms with E-state index in [9.17, 15) is 4.79 Å². The summed E-state index contributed by atoms with van der Waals surface area (Å²) in [6.45, 7) is 0. The van der Waals surface area contributed by atoms with Crippen molar-refractivity contribution in [3.05, 3.63) is 30.3 Å². The number of halogens is 1. The number of hydrogen-bond donors (Lipinski definition) is 1. The Kier molecular flexibility index (Phi) is 5.08. The van der Waals surface area contributed by atoms with Gasteiger partial charge in [0.2, 0.25) is 5.91 Å². The molecular weight excluding hydrogens is 198 g/mol. The van der Waals surface area contributed by atoms with Crippen LogP contribution in [0.1, 0.15) is 19.3 Å². The summed E-state index contributed by atoms with van der Waals surface area (Å²) in [5, 5.41) is 2.80. The fraction of sp³-hybridized carbons (Fsp3) is 0.364. The number of amides is 1. The van der Waals surface area contributed by atoms with E-state index in [2.05, 4.69) is 11.4 Å². The van der Waals surface area contributed by atoms with Crippen LogP contribution in [0.4, 0.5) is 5.69 Å². The van der Waals surface area contributed by atoms with Crippen molar-refractivity contribution in [2.45, 2.75) is 19.3 Å². The molecule has 0 saturated carbocycles. The van der Waals surface area contributed by atoms with Crippen molar-refractivity contribution in [2.24, 2.45) is 0 Å². The quantitative estimate of drug-likeness (QED) is 0.588. The van der Waals surface area contributed by atoms with Gasteiger partial charge in [-0.3, -0.25) is 4.79 Å². The lowest BCUT2D eigenvalue weighted by Gasteiger charge is -2.03. The Morgan fingerprint density at radius 1 is 1.36 bits per heavy atom. The fourth-order valence-corrected chi connectivity index (χ4v) is 1.26. The summed E-state index contributed by atoms with van der Waals surface area (Å²) in [5.74, 6) is 0.662. The number of unbranched alkanes of at least 4 members (excludes halogenated alkanes) is 1. The van der Waals surface area contributed by atoms with Gasteiger partial charge in [-0.25, -0.2) is 0 Å². The fourth-order valence-electron chi connectivity index (χ4n) is 1.07. The van der Waals surface area contributed by atoms with E-state index in [1.807, 2.05) is 12.1 Å². The summed E-state index contributed by atoms with van der Waals surface area (Å²) in [6.07, 6.45) is 2.26. The molecule has 0 aliphatic heterocycles. The van der Waals surface area contributed by atoms with Gasteiger partial charge in [-0.2, -0.15) is 0 Å². The molecule has 1 aromatic rings. The Bertz CT molecular complexity index is 274. The van der Waals surface area contributed by atoms with Gasteiger partial charge in [0.15, 0.2) is 0 Å². The first-order valence-electron chi connectivity index (χ1n) is 4.65. The molecule has 3 heteroatoms. The minimum Gasteiger partial charge on any atom is -0.326 e. The van der Waals surface area contributed by atoms with E-state index < -0.39 is 0 Å². The number of anilines is 1. The Balaban J connectivity index is 2.27. The van der Waals surface area contributed by atoms with Gasteiger partial charge in [-0.15, -0.1) is 11.6 Å². The van der Waals surface area contributed by atoms with Crippen LogP contribution in [-0.4, -0.2) is 11.8 Å². The SMILES string of the molecule is O=C(CCCCCl)Nc1cc[c]cc1. The third-order valence-electron chi connectivity index (χ3n) is 1.79. The molecular formula is C11H13ClNO. The predicted octanol–water partition coefficient (Wildman–Crippen LogP) is 2.83. The largest absolute Gasteiger partial charge is 0.326 e. The van der Waals surface area contributed by atoms with E-state index in [-0.39, 0.29) is 5.91 Å².